The standard InChI is InChI=1S/C13H19FN4O/c14-11-8-15-13(18-7-3-4-10(19)9-18)16-12(11)17-5-1-2-6-17/h8,10,19H,1-7,9H2/t10-/m1/s1. The van der Waals surface area contributed by atoms with Crippen LogP contribution in [-0.4, -0.2) is 47.4 Å². The molecule has 0 aromatic carbocycles. The van der Waals surface area contributed by atoms with Crippen LogP contribution >= 0.6 is 0 Å². The van der Waals surface area contributed by atoms with Crippen LogP contribution in [0, 0.1) is 5.82 Å². The van der Waals surface area contributed by atoms with Crippen molar-refractivity contribution in [1.29, 1.82) is 0 Å². The maximum atomic E-state index is 13.8. The van der Waals surface area contributed by atoms with Gasteiger partial charge in [-0.3, -0.25) is 0 Å². The van der Waals surface area contributed by atoms with E-state index >= 15 is 0 Å². The third-order valence-electron chi connectivity index (χ3n) is 3.80. The lowest BCUT2D eigenvalue weighted by Gasteiger charge is -2.30. The Morgan fingerprint density at radius 3 is 2.63 bits per heavy atom. The first-order valence-corrected chi connectivity index (χ1v) is 6.94. The minimum Gasteiger partial charge on any atom is -0.391 e. The quantitative estimate of drug-likeness (QED) is 0.871. The summed E-state index contributed by atoms with van der Waals surface area (Å²) in [6.45, 7) is 3.07. The fourth-order valence-electron chi connectivity index (χ4n) is 2.79. The molecule has 0 amide bonds. The molecule has 19 heavy (non-hydrogen) atoms. The zero-order valence-electron chi connectivity index (χ0n) is 10.9. The number of rotatable bonds is 2. The number of nitrogens with zero attached hydrogens (tertiary/aromatic N) is 4. The van der Waals surface area contributed by atoms with Crippen LogP contribution in [0.25, 0.3) is 0 Å². The molecule has 2 saturated heterocycles. The third kappa shape index (κ3) is 2.63. The summed E-state index contributed by atoms with van der Waals surface area (Å²) in [5, 5.41) is 9.69. The number of aliphatic hydroxyl groups is 1. The molecule has 1 aromatic rings. The Labute approximate surface area is 112 Å². The highest BCUT2D eigenvalue weighted by molar-refractivity contribution is 5.46. The molecular weight excluding hydrogens is 247 g/mol. The van der Waals surface area contributed by atoms with Gasteiger partial charge in [0.2, 0.25) is 5.95 Å². The van der Waals surface area contributed by atoms with Crippen LogP contribution in [0.3, 0.4) is 0 Å². The summed E-state index contributed by atoms with van der Waals surface area (Å²) in [4.78, 5) is 12.3. The van der Waals surface area contributed by atoms with Gasteiger partial charge in [0.15, 0.2) is 11.6 Å². The van der Waals surface area contributed by atoms with Gasteiger partial charge in [-0.2, -0.15) is 4.98 Å². The van der Waals surface area contributed by atoms with Gasteiger partial charge < -0.3 is 14.9 Å². The van der Waals surface area contributed by atoms with Crippen molar-refractivity contribution in [3.8, 4) is 0 Å². The lowest BCUT2D eigenvalue weighted by molar-refractivity contribution is 0.153. The molecule has 1 N–H and O–H groups in total. The Morgan fingerprint density at radius 2 is 1.89 bits per heavy atom. The molecule has 2 fully saturated rings. The summed E-state index contributed by atoms with van der Waals surface area (Å²) in [5.74, 6) is 0.577. The van der Waals surface area contributed by atoms with Gasteiger partial charge in [0.25, 0.3) is 0 Å². The van der Waals surface area contributed by atoms with E-state index in [1.165, 1.54) is 6.20 Å². The molecule has 1 atom stereocenters. The molecule has 1 aromatic heterocycles. The van der Waals surface area contributed by atoms with E-state index in [4.69, 9.17) is 0 Å². The monoisotopic (exact) mass is 266 g/mol. The number of hydrogen-bond donors (Lipinski definition) is 1. The lowest BCUT2D eigenvalue weighted by Crippen LogP contribution is -2.39. The molecule has 2 aliphatic heterocycles. The highest BCUT2D eigenvalue weighted by Crippen LogP contribution is 2.24. The maximum Gasteiger partial charge on any atom is 0.227 e. The molecule has 0 saturated carbocycles. The minimum absolute atomic E-state index is 0.336. The second kappa shape index (κ2) is 5.28. The van der Waals surface area contributed by atoms with E-state index in [-0.39, 0.29) is 11.9 Å². The first kappa shape index (κ1) is 12.6. The SMILES string of the molecule is O[C@@H]1CCCN(c2ncc(F)c(N3CCCC3)n2)C1. The average molecular weight is 266 g/mol. The molecule has 0 aliphatic carbocycles. The van der Waals surface area contributed by atoms with Crippen LogP contribution in [0.15, 0.2) is 6.20 Å². The van der Waals surface area contributed by atoms with Crippen LogP contribution < -0.4 is 9.80 Å². The third-order valence-corrected chi connectivity index (χ3v) is 3.80. The van der Waals surface area contributed by atoms with E-state index in [1.54, 1.807) is 0 Å². The predicted molar refractivity (Wildman–Crippen MR) is 70.9 cm³/mol. The molecule has 104 valence electrons. The molecular formula is C13H19FN4O. The van der Waals surface area contributed by atoms with Gasteiger partial charge >= 0.3 is 0 Å². The molecule has 2 aliphatic rings. The van der Waals surface area contributed by atoms with Crippen LogP contribution in [0.4, 0.5) is 16.2 Å². The molecule has 6 heteroatoms. The van der Waals surface area contributed by atoms with Gasteiger partial charge in [-0.1, -0.05) is 0 Å². The first-order valence-electron chi connectivity index (χ1n) is 6.94. The maximum absolute atomic E-state index is 13.8. The molecule has 0 radical (unpaired) electrons. The second-order valence-electron chi connectivity index (χ2n) is 5.28. The van der Waals surface area contributed by atoms with Gasteiger partial charge in [0.1, 0.15) is 0 Å². The fraction of sp³-hybridized carbons (Fsp3) is 0.692. The summed E-state index contributed by atoms with van der Waals surface area (Å²) in [7, 11) is 0. The summed E-state index contributed by atoms with van der Waals surface area (Å²) >= 11 is 0. The zero-order valence-corrected chi connectivity index (χ0v) is 10.9. The van der Waals surface area contributed by atoms with Crippen molar-refractivity contribution in [1.82, 2.24) is 9.97 Å². The van der Waals surface area contributed by atoms with Crippen LogP contribution in [0.2, 0.25) is 0 Å². The van der Waals surface area contributed by atoms with Crippen molar-refractivity contribution < 1.29 is 9.50 Å². The highest BCUT2D eigenvalue weighted by Gasteiger charge is 2.23. The Kier molecular flexibility index (Phi) is 3.50. The predicted octanol–water partition coefficient (Wildman–Crippen LogP) is 1.18. The van der Waals surface area contributed by atoms with E-state index in [2.05, 4.69) is 9.97 Å². The van der Waals surface area contributed by atoms with Crippen molar-refractivity contribution in [3.63, 3.8) is 0 Å². The van der Waals surface area contributed by atoms with E-state index in [0.29, 0.717) is 18.3 Å². The minimum atomic E-state index is -0.358. The van der Waals surface area contributed by atoms with E-state index in [1.807, 2.05) is 9.80 Å². The number of aromatic nitrogens is 2. The topological polar surface area (TPSA) is 52.5 Å². The highest BCUT2D eigenvalue weighted by atomic mass is 19.1. The Bertz CT molecular complexity index is 450. The molecule has 0 spiro atoms. The van der Waals surface area contributed by atoms with Crippen molar-refractivity contribution in [3.05, 3.63) is 12.0 Å². The second-order valence-corrected chi connectivity index (χ2v) is 5.28. The number of β-amino-alcohol motifs (C(OH)–C–C–N with tert-alkyl or cyclic N) is 1. The first-order chi connectivity index (χ1) is 9.24. The van der Waals surface area contributed by atoms with Crippen molar-refractivity contribution >= 4 is 11.8 Å². The zero-order chi connectivity index (χ0) is 13.2. The smallest absolute Gasteiger partial charge is 0.227 e. The molecule has 0 bridgehead atoms. The summed E-state index contributed by atoms with van der Waals surface area (Å²) in [6, 6.07) is 0. The fourth-order valence-corrected chi connectivity index (χ4v) is 2.79. The Hall–Kier alpha value is -1.43. The van der Waals surface area contributed by atoms with Crippen LogP contribution in [0.5, 0.6) is 0 Å². The molecule has 0 unspecified atom stereocenters. The van der Waals surface area contributed by atoms with E-state index in [0.717, 1.165) is 45.3 Å². The van der Waals surface area contributed by atoms with Gasteiger partial charge in [-0.05, 0) is 25.7 Å². The number of piperidine rings is 1. The van der Waals surface area contributed by atoms with Crippen molar-refractivity contribution in [2.24, 2.45) is 0 Å². The van der Waals surface area contributed by atoms with Crippen LogP contribution in [-0.2, 0) is 0 Å². The van der Waals surface area contributed by atoms with Crippen molar-refractivity contribution in [2.45, 2.75) is 31.8 Å². The summed E-state index contributed by atoms with van der Waals surface area (Å²) in [6.07, 6.45) is 4.81. The Morgan fingerprint density at radius 1 is 1.16 bits per heavy atom. The summed E-state index contributed by atoms with van der Waals surface area (Å²) in [5.41, 5.74) is 0. The van der Waals surface area contributed by atoms with Gasteiger partial charge in [-0.15, -0.1) is 0 Å². The summed E-state index contributed by atoms with van der Waals surface area (Å²) < 4.78 is 13.8. The number of anilines is 2. The number of halogens is 1. The van der Waals surface area contributed by atoms with Gasteiger partial charge in [0, 0.05) is 26.2 Å². The average Bonchev–Trinajstić information content (AvgIpc) is 2.93. The Balaban J connectivity index is 1.83. The number of hydrogen-bond acceptors (Lipinski definition) is 5. The molecule has 3 rings (SSSR count). The number of aliphatic hydroxyl groups excluding tert-OH is 1. The normalized spacial score (nSPS) is 24.0. The largest absolute Gasteiger partial charge is 0.391 e. The molecule has 3 heterocycles. The lowest BCUT2D eigenvalue weighted by atomic mass is 10.1. The molecule has 5 nitrogen and oxygen atoms in total. The van der Waals surface area contributed by atoms with Gasteiger partial charge in [0.05, 0.1) is 12.3 Å². The van der Waals surface area contributed by atoms with E-state index in [9.17, 15) is 9.50 Å². The van der Waals surface area contributed by atoms with E-state index < -0.39 is 0 Å². The van der Waals surface area contributed by atoms with Crippen molar-refractivity contribution in [2.75, 3.05) is 36.0 Å². The van der Waals surface area contributed by atoms with Gasteiger partial charge in [-0.25, -0.2) is 9.37 Å². The van der Waals surface area contributed by atoms with Crippen LogP contribution in [0.1, 0.15) is 25.7 Å².